The van der Waals surface area contributed by atoms with E-state index in [1.54, 1.807) is 0 Å². The average molecular weight is 318 g/mol. The van der Waals surface area contributed by atoms with Crippen molar-refractivity contribution in [2.45, 2.75) is 16.2 Å². The molecular weight excluding hydrogens is 312 g/mol. The fraction of sp³-hybridized carbons (Fsp3) is 0.182. The Morgan fingerprint density at radius 3 is 2.52 bits per heavy atom. The summed E-state index contributed by atoms with van der Waals surface area (Å²) < 4.78 is 54.4. The number of nitrogens with one attached hydrogen (secondary N) is 1. The van der Waals surface area contributed by atoms with Gasteiger partial charge in [-0.1, -0.05) is 12.1 Å². The lowest BCUT2D eigenvalue weighted by molar-refractivity contribution is -0.168. The van der Waals surface area contributed by atoms with Gasteiger partial charge in [-0.2, -0.15) is 17.9 Å². The van der Waals surface area contributed by atoms with Crippen molar-refractivity contribution in [3.63, 3.8) is 0 Å². The number of hydrogen-bond donors (Lipinski definition) is 1. The first-order valence-corrected chi connectivity index (χ1v) is 6.39. The number of thioether (sulfide) groups is 1. The third-order valence-corrected chi connectivity index (χ3v) is 4.22. The summed E-state index contributed by atoms with van der Waals surface area (Å²) in [5, 5.41) is 5.23. The van der Waals surface area contributed by atoms with Gasteiger partial charge in [0.15, 0.2) is 5.16 Å². The van der Waals surface area contributed by atoms with E-state index < -0.39 is 22.9 Å². The molecule has 1 atom stereocenters. The fourth-order valence-electron chi connectivity index (χ4n) is 1.91. The number of halogens is 4. The van der Waals surface area contributed by atoms with E-state index in [0.29, 0.717) is 11.8 Å². The number of aromatic nitrogens is 3. The molecule has 10 heteroatoms. The van der Waals surface area contributed by atoms with Gasteiger partial charge in [0.1, 0.15) is 12.1 Å². The Kier molecular flexibility index (Phi) is 2.94. The predicted molar refractivity (Wildman–Crippen MR) is 63.9 cm³/mol. The molecule has 0 saturated heterocycles. The van der Waals surface area contributed by atoms with Gasteiger partial charge < -0.3 is 5.32 Å². The number of rotatable bonds is 1. The molecule has 110 valence electrons. The van der Waals surface area contributed by atoms with Gasteiger partial charge in [-0.05, 0) is 29.5 Å². The highest BCUT2D eigenvalue weighted by Gasteiger charge is 2.61. The number of alkyl halides is 3. The fourth-order valence-corrected chi connectivity index (χ4v) is 3.01. The van der Waals surface area contributed by atoms with Crippen molar-refractivity contribution < 1.29 is 22.4 Å². The van der Waals surface area contributed by atoms with E-state index in [0.717, 1.165) is 35.3 Å². The number of nitrogens with zero attached hydrogens (tertiary/aromatic N) is 3. The molecule has 0 fully saturated rings. The Balaban J connectivity index is 2.17. The van der Waals surface area contributed by atoms with Gasteiger partial charge in [0.05, 0.1) is 0 Å². The lowest BCUT2D eigenvalue weighted by Crippen LogP contribution is -2.57. The molecule has 1 aromatic carbocycles. The monoisotopic (exact) mass is 318 g/mol. The lowest BCUT2D eigenvalue weighted by Gasteiger charge is -2.37. The van der Waals surface area contributed by atoms with E-state index in [-0.39, 0.29) is 10.7 Å². The van der Waals surface area contributed by atoms with Crippen molar-refractivity contribution in [3.8, 4) is 0 Å². The van der Waals surface area contributed by atoms with Gasteiger partial charge in [-0.25, -0.2) is 14.2 Å². The number of fused-ring (bicyclic) bond motifs is 1. The standard InChI is InChI=1S/C11H6F4N4OS/c12-7-3-1-6(2-4-7)10(11(13,14)15)18-8(20)19-9(21-10)16-5-17-19/h1-5H,(H,18,20)/t10-/m0/s1. The van der Waals surface area contributed by atoms with Crippen LogP contribution in [-0.4, -0.2) is 27.0 Å². The van der Waals surface area contributed by atoms with Crippen LogP contribution in [-0.2, 0) is 4.87 Å². The minimum absolute atomic E-state index is 0.194. The Labute approximate surface area is 119 Å². The molecule has 0 spiro atoms. The van der Waals surface area contributed by atoms with Crippen LogP contribution in [0.3, 0.4) is 0 Å². The summed E-state index contributed by atoms with van der Waals surface area (Å²) in [6, 6.07) is 2.69. The molecule has 1 aliphatic heterocycles. The molecule has 3 rings (SSSR count). The zero-order chi connectivity index (χ0) is 15.3. The van der Waals surface area contributed by atoms with Gasteiger partial charge in [0, 0.05) is 0 Å². The molecule has 0 radical (unpaired) electrons. The molecule has 1 aliphatic rings. The lowest BCUT2D eigenvalue weighted by atomic mass is 10.1. The first-order chi connectivity index (χ1) is 9.83. The quantitative estimate of drug-likeness (QED) is 0.821. The van der Waals surface area contributed by atoms with Crippen LogP contribution in [0, 0.1) is 5.82 Å². The Hall–Kier alpha value is -2.10. The minimum atomic E-state index is -4.82. The van der Waals surface area contributed by atoms with Gasteiger partial charge in [-0.3, -0.25) is 0 Å². The van der Waals surface area contributed by atoms with E-state index in [1.165, 1.54) is 0 Å². The SMILES string of the molecule is O=C1N[C@](c2ccc(F)cc2)(C(F)(F)F)Sc2ncnn21. The van der Waals surface area contributed by atoms with Gasteiger partial charge in [0.25, 0.3) is 0 Å². The smallest absolute Gasteiger partial charge is 0.309 e. The molecule has 1 N–H and O–H groups in total. The Morgan fingerprint density at radius 2 is 1.90 bits per heavy atom. The van der Waals surface area contributed by atoms with Gasteiger partial charge >= 0.3 is 12.2 Å². The highest BCUT2D eigenvalue weighted by molar-refractivity contribution is 8.00. The second-order valence-corrected chi connectivity index (χ2v) is 5.35. The van der Waals surface area contributed by atoms with Crippen molar-refractivity contribution in [3.05, 3.63) is 42.0 Å². The van der Waals surface area contributed by atoms with Crippen LogP contribution in [0.4, 0.5) is 22.4 Å². The first-order valence-electron chi connectivity index (χ1n) is 5.58. The van der Waals surface area contributed by atoms with Crippen molar-refractivity contribution in [2.24, 2.45) is 0 Å². The zero-order valence-corrected chi connectivity index (χ0v) is 10.9. The average Bonchev–Trinajstić information content (AvgIpc) is 2.86. The van der Waals surface area contributed by atoms with E-state index in [2.05, 4.69) is 10.1 Å². The molecule has 0 unspecified atom stereocenters. The molecular formula is C11H6F4N4OS. The van der Waals surface area contributed by atoms with E-state index >= 15 is 0 Å². The largest absolute Gasteiger partial charge is 0.425 e. The van der Waals surface area contributed by atoms with E-state index in [9.17, 15) is 22.4 Å². The molecule has 0 saturated carbocycles. The summed E-state index contributed by atoms with van der Waals surface area (Å²) >= 11 is 0.291. The number of carbonyl (C=O) groups excluding carboxylic acids is 1. The zero-order valence-electron chi connectivity index (χ0n) is 10.1. The molecule has 0 bridgehead atoms. The molecule has 1 aromatic heterocycles. The number of hydrogen-bond acceptors (Lipinski definition) is 4. The van der Waals surface area contributed by atoms with E-state index in [4.69, 9.17) is 0 Å². The van der Waals surface area contributed by atoms with Crippen LogP contribution >= 0.6 is 11.8 Å². The molecule has 5 nitrogen and oxygen atoms in total. The van der Waals surface area contributed by atoms with Crippen LogP contribution in [0.2, 0.25) is 0 Å². The summed E-state index contributed by atoms with van der Waals surface area (Å²) in [6.45, 7) is 0. The number of benzene rings is 1. The summed E-state index contributed by atoms with van der Waals surface area (Å²) in [7, 11) is 0. The molecule has 0 aliphatic carbocycles. The van der Waals surface area contributed by atoms with Crippen molar-refractivity contribution in [2.75, 3.05) is 0 Å². The van der Waals surface area contributed by atoms with Crippen molar-refractivity contribution in [1.82, 2.24) is 20.1 Å². The maximum Gasteiger partial charge on any atom is 0.425 e. The molecule has 21 heavy (non-hydrogen) atoms. The van der Waals surface area contributed by atoms with Crippen LogP contribution < -0.4 is 5.32 Å². The summed E-state index contributed by atoms with van der Waals surface area (Å²) in [4.78, 5) is 12.7. The second-order valence-electron chi connectivity index (χ2n) is 4.17. The van der Waals surface area contributed by atoms with Crippen molar-refractivity contribution in [1.29, 1.82) is 0 Å². The summed E-state index contributed by atoms with van der Waals surface area (Å²) in [5.74, 6) is -0.675. The maximum absolute atomic E-state index is 13.6. The third-order valence-electron chi connectivity index (χ3n) is 2.89. The van der Waals surface area contributed by atoms with Crippen LogP contribution in [0.25, 0.3) is 0 Å². The second kappa shape index (κ2) is 4.45. The summed E-state index contributed by atoms with van der Waals surface area (Å²) in [6.07, 6.45) is -3.83. The topological polar surface area (TPSA) is 59.8 Å². The third kappa shape index (κ3) is 2.06. The van der Waals surface area contributed by atoms with Crippen LogP contribution in [0.1, 0.15) is 5.56 Å². The highest BCUT2D eigenvalue weighted by Crippen LogP contribution is 2.51. The first kappa shape index (κ1) is 13.9. The Morgan fingerprint density at radius 1 is 1.24 bits per heavy atom. The Bertz CT molecular complexity index is 699. The van der Waals surface area contributed by atoms with E-state index in [1.807, 2.05) is 5.32 Å². The number of amides is 1. The predicted octanol–water partition coefficient (Wildman–Crippen LogP) is 2.50. The summed E-state index contributed by atoms with van der Waals surface area (Å²) in [5.41, 5.74) is -0.302. The normalized spacial score (nSPS) is 21.8. The minimum Gasteiger partial charge on any atom is -0.309 e. The van der Waals surface area contributed by atoms with Crippen LogP contribution in [0.15, 0.2) is 35.7 Å². The maximum atomic E-state index is 13.6. The van der Waals surface area contributed by atoms with Crippen molar-refractivity contribution >= 4 is 17.8 Å². The van der Waals surface area contributed by atoms with Crippen LogP contribution in [0.5, 0.6) is 0 Å². The molecule has 1 amide bonds. The number of carbonyl (C=O) groups is 1. The molecule has 2 aromatic rings. The van der Waals surface area contributed by atoms with Gasteiger partial charge in [0.2, 0.25) is 4.87 Å². The molecule has 2 heterocycles. The van der Waals surface area contributed by atoms with Gasteiger partial charge in [-0.15, -0.1) is 5.10 Å². The highest BCUT2D eigenvalue weighted by atomic mass is 32.2.